The normalized spacial score (nSPS) is 40.3. The van der Waals surface area contributed by atoms with Crippen molar-refractivity contribution < 1.29 is 114 Å². The summed E-state index contributed by atoms with van der Waals surface area (Å²) in [4.78, 5) is 14.5. The van der Waals surface area contributed by atoms with E-state index in [1.807, 2.05) is 0 Å². The van der Waals surface area contributed by atoms with E-state index in [0.29, 0.717) is 0 Å². The Morgan fingerprint density at radius 1 is 0.613 bits per heavy atom. The molecular formula is C38H48O24. The van der Waals surface area contributed by atoms with E-state index in [-0.39, 0.29) is 11.3 Å². The molecule has 4 aliphatic heterocycles. The fourth-order valence-corrected chi connectivity index (χ4v) is 7.33. The molecule has 19 atom stereocenters. The van der Waals surface area contributed by atoms with Gasteiger partial charge < -0.3 is 114 Å². The quantitative estimate of drug-likeness (QED) is 0.0850. The first kappa shape index (κ1) is 46.0. The number of benzene rings is 2. The van der Waals surface area contributed by atoms with Crippen LogP contribution in [0.2, 0.25) is 0 Å². The highest BCUT2D eigenvalue weighted by Gasteiger charge is 2.52. The summed E-state index contributed by atoms with van der Waals surface area (Å²) in [7, 11) is 0. The molecule has 4 fully saturated rings. The standard InChI is InChI=1S/C38H48O24/c1-10-21(43)26(48)30(52)35(56-10)55-9-19-24(46)28(50)34(62-36-29(51)23(45)17(42)8-54-36)38(60-19)61-33-25(47)20-16(41)6-13(58-37-31(53)27(49)22(44)11(2)57-37)7-18(20)59-32(33)12-3-4-14(39)15(40)5-12/h3-7,10-11,17,19,21-24,26-31,34-46,48-53H,8-9H2,1-2H3/t10-,11-,17+,19+,21-,22-,23-,24-,26+,27+,28-,29+,30+,31+,34+,35+,36-,37-,38-/m0/s1. The van der Waals surface area contributed by atoms with E-state index in [2.05, 4.69) is 0 Å². The fraction of sp³-hybridized carbons (Fsp3) is 0.605. The zero-order valence-corrected chi connectivity index (χ0v) is 32.6. The molecule has 0 unspecified atom stereocenters. The van der Waals surface area contributed by atoms with Gasteiger partial charge in [-0.15, -0.1) is 0 Å². The third-order valence-electron chi connectivity index (χ3n) is 11.1. The number of hydrogen-bond acceptors (Lipinski definition) is 24. The highest BCUT2D eigenvalue weighted by Crippen LogP contribution is 2.41. The summed E-state index contributed by atoms with van der Waals surface area (Å²) < 4.78 is 51.4. The zero-order chi connectivity index (χ0) is 45.1. The Morgan fingerprint density at radius 2 is 1.24 bits per heavy atom. The summed E-state index contributed by atoms with van der Waals surface area (Å²) in [5, 5.41) is 147. The van der Waals surface area contributed by atoms with Crippen molar-refractivity contribution in [2.24, 2.45) is 0 Å². The Hall–Kier alpha value is -4.03. The molecule has 24 heteroatoms. The van der Waals surface area contributed by atoms with Gasteiger partial charge >= 0.3 is 0 Å². The van der Waals surface area contributed by atoms with Crippen molar-refractivity contribution in [2.45, 2.75) is 131 Å². The predicted molar refractivity (Wildman–Crippen MR) is 198 cm³/mol. The van der Waals surface area contributed by atoms with Crippen molar-refractivity contribution in [2.75, 3.05) is 13.2 Å². The first-order valence-electron chi connectivity index (χ1n) is 19.3. The Balaban J connectivity index is 1.27. The maximum absolute atomic E-state index is 14.5. The lowest BCUT2D eigenvalue weighted by molar-refractivity contribution is -0.352. The van der Waals surface area contributed by atoms with Crippen molar-refractivity contribution in [1.29, 1.82) is 0 Å². The van der Waals surface area contributed by atoms with Crippen LogP contribution in [0, 0.1) is 0 Å². The number of phenols is 3. The number of aliphatic hydroxyl groups is 11. The van der Waals surface area contributed by atoms with Gasteiger partial charge in [-0.3, -0.25) is 4.79 Å². The molecule has 5 heterocycles. The third kappa shape index (κ3) is 8.76. The molecule has 0 saturated carbocycles. The van der Waals surface area contributed by atoms with Gasteiger partial charge in [-0.25, -0.2) is 0 Å². The molecule has 4 aliphatic rings. The van der Waals surface area contributed by atoms with E-state index < -0.39 is 175 Å². The van der Waals surface area contributed by atoms with Crippen molar-refractivity contribution in [3.05, 3.63) is 40.6 Å². The highest BCUT2D eigenvalue weighted by molar-refractivity contribution is 5.88. The molecule has 3 aromatic rings. The average molecular weight is 889 g/mol. The number of aromatic hydroxyl groups is 3. The first-order chi connectivity index (χ1) is 29.3. The van der Waals surface area contributed by atoms with E-state index in [4.69, 9.17) is 42.3 Å². The topological polar surface area (TPSA) is 387 Å². The second-order valence-electron chi connectivity index (χ2n) is 15.4. The number of hydrogen-bond donors (Lipinski definition) is 14. The van der Waals surface area contributed by atoms with Gasteiger partial charge in [0.25, 0.3) is 0 Å². The molecule has 1 aromatic heterocycles. The molecule has 7 rings (SSSR count). The summed E-state index contributed by atoms with van der Waals surface area (Å²) in [5.74, 6) is -3.76. The molecule has 2 aromatic carbocycles. The monoisotopic (exact) mass is 888 g/mol. The zero-order valence-electron chi connectivity index (χ0n) is 32.6. The number of ether oxygens (including phenoxy) is 8. The smallest absolute Gasteiger partial charge is 0.239 e. The van der Waals surface area contributed by atoms with Crippen LogP contribution in [-0.4, -0.2) is 201 Å². The van der Waals surface area contributed by atoms with E-state index >= 15 is 0 Å². The van der Waals surface area contributed by atoms with Gasteiger partial charge in [-0.1, -0.05) is 0 Å². The van der Waals surface area contributed by atoms with Gasteiger partial charge in [0.1, 0.15) is 95.7 Å². The number of fused-ring (bicyclic) bond motifs is 1. The van der Waals surface area contributed by atoms with Crippen molar-refractivity contribution in [1.82, 2.24) is 0 Å². The summed E-state index contributed by atoms with van der Waals surface area (Å²) >= 11 is 0. The van der Waals surface area contributed by atoms with Crippen LogP contribution in [0.25, 0.3) is 22.3 Å². The molecule has 0 bridgehead atoms. The Morgan fingerprint density at radius 3 is 1.90 bits per heavy atom. The Bertz CT molecular complexity index is 2100. The van der Waals surface area contributed by atoms with Crippen molar-refractivity contribution >= 4 is 11.0 Å². The molecule has 24 nitrogen and oxygen atoms in total. The van der Waals surface area contributed by atoms with Gasteiger partial charge in [0.15, 0.2) is 35.9 Å². The van der Waals surface area contributed by atoms with Gasteiger partial charge in [0, 0.05) is 17.7 Å². The molecular weight excluding hydrogens is 840 g/mol. The lowest BCUT2D eigenvalue weighted by atomic mass is 9.98. The van der Waals surface area contributed by atoms with Crippen LogP contribution in [0.1, 0.15) is 13.8 Å². The van der Waals surface area contributed by atoms with Gasteiger partial charge in [0.2, 0.25) is 23.8 Å². The maximum Gasteiger partial charge on any atom is 0.239 e. The second kappa shape index (κ2) is 18.2. The lowest BCUT2D eigenvalue weighted by Gasteiger charge is -2.45. The average Bonchev–Trinajstić information content (AvgIpc) is 3.23. The van der Waals surface area contributed by atoms with Gasteiger partial charge in [0.05, 0.1) is 25.4 Å². The van der Waals surface area contributed by atoms with E-state index in [9.17, 15) is 76.3 Å². The fourth-order valence-electron chi connectivity index (χ4n) is 7.33. The molecule has 0 amide bonds. The Kier molecular flexibility index (Phi) is 13.5. The number of phenolic OH excluding ortho intramolecular Hbond substituents is 3. The van der Waals surface area contributed by atoms with Crippen LogP contribution >= 0.6 is 0 Å². The van der Waals surface area contributed by atoms with Gasteiger partial charge in [-0.2, -0.15) is 0 Å². The summed E-state index contributed by atoms with van der Waals surface area (Å²) in [6.45, 7) is 1.48. The molecule has 14 N–H and O–H groups in total. The molecule has 4 saturated heterocycles. The SMILES string of the molecule is C[C@@H]1O[C@@H](OC[C@H]2O[C@@H](Oc3c(-c4ccc(O)c(O)c4)oc4cc(O[C@@H]5O[C@@H](C)[C@H](O)[C@@H](O)[C@H]5O)cc(O)c4c3=O)[C@H](O[C@@H]3OC[C@@H](O)[C@H](O)[C@H]3O)[C@@H](O)[C@H]2O)[C@H](O)[C@H](O)[C@H]1O. The van der Waals surface area contributed by atoms with Crippen LogP contribution in [-0.2, 0) is 28.4 Å². The lowest BCUT2D eigenvalue weighted by Crippen LogP contribution is -2.64. The first-order valence-corrected chi connectivity index (χ1v) is 19.3. The minimum Gasteiger partial charge on any atom is -0.507 e. The Labute approximate surface area is 349 Å². The van der Waals surface area contributed by atoms with Gasteiger partial charge in [-0.05, 0) is 32.0 Å². The summed E-state index contributed by atoms with van der Waals surface area (Å²) in [6.07, 6.45) is -32.1. The minimum atomic E-state index is -2.09. The molecule has 0 spiro atoms. The van der Waals surface area contributed by atoms with Crippen LogP contribution in [0.4, 0.5) is 0 Å². The second-order valence-corrected chi connectivity index (χ2v) is 15.4. The van der Waals surface area contributed by atoms with E-state index in [0.717, 1.165) is 24.3 Å². The minimum absolute atomic E-state index is 0.160. The molecule has 0 radical (unpaired) electrons. The maximum atomic E-state index is 14.5. The number of aliphatic hydroxyl groups excluding tert-OH is 11. The molecule has 344 valence electrons. The van der Waals surface area contributed by atoms with Crippen LogP contribution < -0.4 is 14.9 Å². The summed E-state index contributed by atoms with van der Waals surface area (Å²) in [5.41, 5.74) is -1.74. The predicted octanol–water partition coefficient (Wildman–Crippen LogP) is -4.72. The van der Waals surface area contributed by atoms with Crippen molar-refractivity contribution in [3.8, 4) is 40.1 Å². The van der Waals surface area contributed by atoms with E-state index in [1.165, 1.54) is 19.9 Å². The summed E-state index contributed by atoms with van der Waals surface area (Å²) in [6, 6.07) is 5.16. The van der Waals surface area contributed by atoms with Crippen LogP contribution in [0.15, 0.2) is 39.5 Å². The third-order valence-corrected chi connectivity index (χ3v) is 11.1. The van der Waals surface area contributed by atoms with Crippen molar-refractivity contribution in [3.63, 3.8) is 0 Å². The van der Waals surface area contributed by atoms with Crippen LogP contribution in [0.5, 0.6) is 28.7 Å². The van der Waals surface area contributed by atoms with Crippen LogP contribution in [0.3, 0.4) is 0 Å². The molecule has 62 heavy (non-hydrogen) atoms. The molecule has 0 aliphatic carbocycles. The van der Waals surface area contributed by atoms with E-state index in [1.54, 1.807) is 0 Å². The largest absolute Gasteiger partial charge is 0.507 e. The highest BCUT2D eigenvalue weighted by atomic mass is 16.8. The number of rotatable bonds is 10.